The molecule has 0 atom stereocenters. The molecule has 6 aromatic heterocycles. The van der Waals surface area contributed by atoms with E-state index in [1.165, 1.54) is 21.5 Å². The molecule has 0 amide bonds. The molecule has 0 N–H and O–H groups in total. The Kier molecular flexibility index (Phi) is 7.79. The molecule has 1 aliphatic rings. The van der Waals surface area contributed by atoms with Crippen molar-refractivity contribution in [1.29, 1.82) is 0 Å². The van der Waals surface area contributed by atoms with Crippen LogP contribution in [-0.4, -0.2) is 36.7 Å². The Labute approximate surface area is 401 Å². The van der Waals surface area contributed by atoms with Crippen LogP contribution in [0.3, 0.4) is 0 Å². The van der Waals surface area contributed by atoms with Gasteiger partial charge in [-0.15, -0.1) is 0 Å². The van der Waals surface area contributed by atoms with Gasteiger partial charge in [0.1, 0.15) is 0 Å². The van der Waals surface area contributed by atoms with Crippen molar-refractivity contribution in [2.75, 3.05) is 0 Å². The third-order valence-electron chi connectivity index (χ3n) is 15.1. The number of aromatic nitrogens is 6. The molecule has 9 heteroatoms. The third-order valence-corrected chi connectivity index (χ3v) is 16.9. The van der Waals surface area contributed by atoms with Crippen molar-refractivity contribution in [2.24, 2.45) is 0 Å². The van der Waals surface area contributed by atoms with Crippen LogP contribution in [0.5, 0.6) is 0 Å². The summed E-state index contributed by atoms with van der Waals surface area (Å²) in [6, 6.07) is 67.1. The molecule has 14 aromatic rings. The first-order valence-corrected chi connectivity index (χ1v) is 25.0. The van der Waals surface area contributed by atoms with Gasteiger partial charge < -0.3 is 18.3 Å². The molecule has 0 unspecified atom stereocenters. The Morgan fingerprint density at radius 2 is 0.657 bits per heavy atom. The number of sulfone groups is 1. The SMILES string of the molecule is CC1(C)c2cc(-n3c4ccc(-n5c6ccccc6c6ccccc65)cc4c4ncccc43)ccc2S(=O)(=O)c2ccc(-n3c4ccc(-n5c6ccccc6c6ccccc65)cc4c4ncccc43)cc21. The second-order valence-corrected chi connectivity index (χ2v) is 20.9. The van der Waals surface area contributed by atoms with Gasteiger partial charge in [-0.2, -0.15) is 0 Å². The van der Waals surface area contributed by atoms with Crippen LogP contribution in [-0.2, 0) is 15.3 Å². The smallest absolute Gasteiger partial charge is 0.207 e. The summed E-state index contributed by atoms with van der Waals surface area (Å²) in [5, 5.41) is 6.84. The Morgan fingerprint density at radius 3 is 1.06 bits per heavy atom. The standard InChI is InChI=1S/C61H40N6O2S/c1-61(2)47-35-39(66-53-27-23-37(33-45(53)59-55(66)21-11-31-62-59)64-49-17-7-3-13-41(49)42-14-4-8-18-50(42)64)25-29-57(47)70(68,69)58-30-26-40(36-48(58)61)67-54-28-24-38(34-46(54)60-56(67)22-12-32-63-60)65-51-19-9-5-15-43(51)44-16-6-10-20-52(44)65/h3-36H,1-2H3. The van der Waals surface area contributed by atoms with E-state index < -0.39 is 15.3 Å². The molecule has 8 nitrogen and oxygen atoms in total. The first-order valence-electron chi connectivity index (χ1n) is 23.6. The van der Waals surface area contributed by atoms with Gasteiger partial charge in [0, 0.05) is 72.9 Å². The van der Waals surface area contributed by atoms with E-state index in [4.69, 9.17) is 9.97 Å². The van der Waals surface area contributed by atoms with Gasteiger partial charge in [-0.1, -0.05) is 86.6 Å². The number of rotatable bonds is 4. The Hall–Kier alpha value is -8.79. The molecule has 0 spiro atoms. The van der Waals surface area contributed by atoms with E-state index in [0.717, 1.165) is 99.8 Å². The lowest BCUT2D eigenvalue weighted by Crippen LogP contribution is -2.30. The predicted molar refractivity (Wildman–Crippen MR) is 283 cm³/mol. The summed E-state index contributed by atoms with van der Waals surface area (Å²) in [4.78, 5) is 10.6. The van der Waals surface area contributed by atoms with Crippen LogP contribution < -0.4 is 0 Å². The molecular formula is C61H40N6O2S. The quantitative estimate of drug-likeness (QED) is 0.176. The molecular weight excluding hydrogens is 881 g/mol. The highest BCUT2D eigenvalue weighted by Gasteiger charge is 2.41. The number of hydrogen-bond acceptors (Lipinski definition) is 4. The molecule has 0 aliphatic carbocycles. The summed E-state index contributed by atoms with van der Waals surface area (Å²) in [6.45, 7) is 4.29. The Morgan fingerprint density at radius 1 is 0.343 bits per heavy atom. The normalized spacial score (nSPS) is 14.2. The molecule has 8 aromatic carbocycles. The van der Waals surface area contributed by atoms with Crippen molar-refractivity contribution >= 4 is 97.3 Å². The minimum Gasteiger partial charge on any atom is -0.309 e. The maximum Gasteiger partial charge on any atom is 0.207 e. The van der Waals surface area contributed by atoms with Crippen LogP contribution in [0.1, 0.15) is 25.0 Å². The highest BCUT2D eigenvalue weighted by atomic mass is 32.2. The summed E-state index contributed by atoms with van der Waals surface area (Å²) in [6.07, 6.45) is 3.68. The molecule has 70 heavy (non-hydrogen) atoms. The second-order valence-electron chi connectivity index (χ2n) is 19.0. The fourth-order valence-electron chi connectivity index (χ4n) is 11.9. The van der Waals surface area contributed by atoms with E-state index in [2.05, 4.69) is 190 Å². The number of fused-ring (bicyclic) bond motifs is 14. The van der Waals surface area contributed by atoms with Gasteiger partial charge in [0.05, 0.1) is 65.0 Å². The van der Waals surface area contributed by atoms with Gasteiger partial charge in [-0.3, -0.25) is 9.97 Å². The molecule has 0 fully saturated rings. The zero-order valence-electron chi connectivity index (χ0n) is 38.0. The van der Waals surface area contributed by atoms with Crippen molar-refractivity contribution in [3.8, 4) is 22.7 Å². The van der Waals surface area contributed by atoms with Crippen LogP contribution in [0.4, 0.5) is 0 Å². The zero-order valence-corrected chi connectivity index (χ0v) is 38.9. The minimum atomic E-state index is -3.90. The molecule has 1 aliphatic heterocycles. The monoisotopic (exact) mass is 920 g/mol. The minimum absolute atomic E-state index is 0.327. The van der Waals surface area contributed by atoms with Crippen molar-refractivity contribution < 1.29 is 8.42 Å². The summed E-state index contributed by atoms with van der Waals surface area (Å²) in [7, 11) is -3.90. The Bertz CT molecular complexity index is 4320. The highest BCUT2D eigenvalue weighted by molar-refractivity contribution is 7.91. The summed E-state index contributed by atoms with van der Waals surface area (Å²) in [5.41, 5.74) is 14.8. The highest BCUT2D eigenvalue weighted by Crippen LogP contribution is 2.48. The number of benzene rings is 8. The number of pyridine rings is 2. The first kappa shape index (κ1) is 39.2. The number of para-hydroxylation sites is 4. The maximum atomic E-state index is 14.9. The van der Waals surface area contributed by atoms with Crippen molar-refractivity contribution in [3.05, 3.63) is 218 Å². The van der Waals surface area contributed by atoms with E-state index in [-0.39, 0.29) is 0 Å². The fraction of sp³-hybridized carbons (Fsp3) is 0.0492. The average Bonchev–Trinajstić information content (AvgIpc) is 4.13. The van der Waals surface area contributed by atoms with Gasteiger partial charge in [-0.05, 0) is 132 Å². The molecule has 0 saturated carbocycles. The summed E-state index contributed by atoms with van der Waals surface area (Å²) < 4.78 is 38.8. The molecule has 15 rings (SSSR count). The van der Waals surface area contributed by atoms with Crippen molar-refractivity contribution in [1.82, 2.24) is 28.2 Å². The maximum absolute atomic E-state index is 14.9. The van der Waals surface area contributed by atoms with Gasteiger partial charge in [0.15, 0.2) is 0 Å². The van der Waals surface area contributed by atoms with E-state index in [0.29, 0.717) is 9.79 Å². The molecule has 7 heterocycles. The third kappa shape index (κ3) is 5.16. The average molecular weight is 921 g/mol. The lowest BCUT2D eigenvalue weighted by atomic mass is 9.77. The summed E-state index contributed by atoms with van der Waals surface area (Å²) >= 11 is 0. The fourth-order valence-corrected chi connectivity index (χ4v) is 13.8. The van der Waals surface area contributed by atoms with Gasteiger partial charge in [0.25, 0.3) is 0 Å². The van der Waals surface area contributed by atoms with E-state index >= 15 is 0 Å². The van der Waals surface area contributed by atoms with Gasteiger partial charge in [0.2, 0.25) is 9.84 Å². The Balaban J connectivity index is 0.883. The molecule has 0 saturated heterocycles. The van der Waals surface area contributed by atoms with E-state index in [1.807, 2.05) is 36.7 Å². The van der Waals surface area contributed by atoms with E-state index in [1.54, 1.807) is 12.1 Å². The zero-order chi connectivity index (χ0) is 46.6. The lowest BCUT2D eigenvalue weighted by Gasteiger charge is -2.35. The van der Waals surface area contributed by atoms with Crippen LogP contribution in [0.25, 0.3) is 110 Å². The van der Waals surface area contributed by atoms with Crippen LogP contribution >= 0.6 is 0 Å². The van der Waals surface area contributed by atoms with Gasteiger partial charge in [-0.25, -0.2) is 8.42 Å². The first-order chi connectivity index (χ1) is 34.3. The second kappa shape index (κ2) is 13.9. The van der Waals surface area contributed by atoms with Crippen LogP contribution in [0.2, 0.25) is 0 Å². The van der Waals surface area contributed by atoms with E-state index in [9.17, 15) is 8.42 Å². The van der Waals surface area contributed by atoms with Gasteiger partial charge >= 0.3 is 0 Å². The largest absolute Gasteiger partial charge is 0.309 e. The lowest BCUT2D eigenvalue weighted by molar-refractivity contribution is 0.555. The topological polar surface area (TPSA) is 79.6 Å². The molecule has 0 bridgehead atoms. The predicted octanol–water partition coefficient (Wildman–Crippen LogP) is 14.3. The molecule has 332 valence electrons. The van der Waals surface area contributed by atoms with Crippen LogP contribution in [0.15, 0.2) is 216 Å². The van der Waals surface area contributed by atoms with Crippen LogP contribution in [0, 0.1) is 0 Å². The number of hydrogen-bond donors (Lipinski definition) is 0. The summed E-state index contributed by atoms with van der Waals surface area (Å²) in [5.74, 6) is 0. The number of nitrogens with zero attached hydrogens (tertiary/aromatic N) is 6. The van der Waals surface area contributed by atoms with Crippen molar-refractivity contribution in [2.45, 2.75) is 29.1 Å². The molecule has 0 radical (unpaired) electrons. The van der Waals surface area contributed by atoms with Crippen molar-refractivity contribution in [3.63, 3.8) is 0 Å².